The summed E-state index contributed by atoms with van der Waals surface area (Å²) in [6, 6.07) is 9.88. The number of aromatic nitrogens is 4. The van der Waals surface area contributed by atoms with Crippen molar-refractivity contribution in [2.24, 2.45) is 0 Å². The first-order valence-corrected chi connectivity index (χ1v) is 7.84. The highest BCUT2D eigenvalue weighted by molar-refractivity contribution is 14.2. The molecule has 17 heavy (non-hydrogen) atoms. The Morgan fingerprint density at radius 3 is 2.47 bits per heavy atom. The molecule has 0 atom stereocenters. The van der Waals surface area contributed by atoms with E-state index >= 15 is 0 Å². The third-order valence-corrected chi connectivity index (χ3v) is 7.15. The molecule has 88 valence electrons. The summed E-state index contributed by atoms with van der Waals surface area (Å²) >= 11 is 6.76. The van der Waals surface area contributed by atoms with Gasteiger partial charge in [0.15, 0.2) is 7.38 Å². The number of benzene rings is 1. The molecule has 4 nitrogen and oxygen atoms in total. The number of tetrazole rings is 1. The molecule has 0 saturated heterocycles. The van der Waals surface area contributed by atoms with Crippen molar-refractivity contribution < 1.29 is 0 Å². The average molecular weight is 564 g/mol. The van der Waals surface area contributed by atoms with Crippen LogP contribution < -0.4 is 0 Å². The summed E-state index contributed by atoms with van der Waals surface area (Å²) in [5.41, 5.74) is 0.993. The van der Waals surface area contributed by atoms with E-state index in [0.29, 0.717) is 0 Å². The van der Waals surface area contributed by atoms with Gasteiger partial charge in [0.05, 0.1) is 0 Å². The van der Waals surface area contributed by atoms with Crippen LogP contribution >= 0.6 is 67.8 Å². The number of rotatable bonds is 3. The van der Waals surface area contributed by atoms with Crippen LogP contribution in [0.5, 0.6) is 0 Å². The standard InChI is InChI=1S/C10H7I3N4/c1-7(11)10(12,13)17-9(14-15-16-17)8-5-3-2-4-6-8/h2-6H,1H2. The molecule has 1 heterocycles. The van der Waals surface area contributed by atoms with Crippen molar-refractivity contribution in [3.63, 3.8) is 0 Å². The molecule has 0 N–H and O–H groups in total. The molecule has 0 bridgehead atoms. The first kappa shape index (κ1) is 13.6. The Bertz CT molecular complexity index is 535. The van der Waals surface area contributed by atoms with Gasteiger partial charge in [-0.15, -0.1) is 5.10 Å². The molecule has 0 fully saturated rings. The lowest BCUT2D eigenvalue weighted by Gasteiger charge is -2.20. The maximum Gasteiger partial charge on any atom is 0.197 e. The van der Waals surface area contributed by atoms with Gasteiger partial charge in [-0.1, -0.05) is 36.9 Å². The predicted octanol–water partition coefficient (Wildman–Crippen LogP) is 3.77. The lowest BCUT2D eigenvalue weighted by atomic mass is 10.2. The van der Waals surface area contributed by atoms with E-state index in [2.05, 4.69) is 89.9 Å². The third kappa shape index (κ3) is 2.80. The number of hydrogen-bond acceptors (Lipinski definition) is 3. The number of halogens is 3. The van der Waals surface area contributed by atoms with Gasteiger partial charge >= 0.3 is 0 Å². The zero-order valence-corrected chi connectivity index (χ0v) is 15.0. The SMILES string of the molecule is C=C(I)C(I)(I)n1nnnc1-c1ccccc1. The smallest absolute Gasteiger partial charge is 0.194 e. The highest BCUT2D eigenvalue weighted by Gasteiger charge is 2.31. The van der Waals surface area contributed by atoms with Crippen LogP contribution in [0.25, 0.3) is 11.4 Å². The largest absolute Gasteiger partial charge is 0.197 e. The Balaban J connectivity index is 2.53. The molecule has 1 aromatic carbocycles. The molecule has 0 aliphatic heterocycles. The van der Waals surface area contributed by atoms with Crippen molar-refractivity contribution in [1.29, 1.82) is 0 Å². The normalized spacial score (nSPS) is 11.5. The monoisotopic (exact) mass is 564 g/mol. The molecule has 1 aromatic heterocycles. The molecule has 0 unspecified atom stereocenters. The average Bonchev–Trinajstić information content (AvgIpc) is 2.79. The van der Waals surface area contributed by atoms with E-state index in [4.69, 9.17) is 0 Å². The van der Waals surface area contributed by atoms with Gasteiger partial charge in [0, 0.05) is 9.14 Å². The van der Waals surface area contributed by atoms with Crippen molar-refractivity contribution in [2.75, 3.05) is 0 Å². The van der Waals surface area contributed by atoms with E-state index in [1.54, 1.807) is 4.68 Å². The molecule has 0 aliphatic carbocycles. The molecule has 0 spiro atoms. The second-order valence-corrected chi connectivity index (χ2v) is 9.72. The molecule has 2 aromatic rings. The highest BCUT2D eigenvalue weighted by atomic mass is 127. The summed E-state index contributed by atoms with van der Waals surface area (Å²) in [6.45, 7) is 3.97. The Kier molecular flexibility index (Phi) is 4.39. The minimum absolute atomic E-state index is 0.370. The van der Waals surface area contributed by atoms with Gasteiger partial charge in [-0.25, -0.2) is 0 Å². The van der Waals surface area contributed by atoms with Gasteiger partial charge in [0.2, 0.25) is 0 Å². The predicted molar refractivity (Wildman–Crippen MR) is 92.4 cm³/mol. The fraction of sp³-hybridized carbons (Fsp3) is 0.100. The molecule has 2 rings (SSSR count). The Hall–Kier alpha value is 0.220. The summed E-state index contributed by atoms with van der Waals surface area (Å²) in [6.07, 6.45) is 0. The van der Waals surface area contributed by atoms with Crippen molar-refractivity contribution in [2.45, 2.75) is 1.55 Å². The van der Waals surface area contributed by atoms with Crippen LogP contribution in [0.15, 0.2) is 40.5 Å². The van der Waals surface area contributed by atoms with Crippen LogP contribution in [0, 0.1) is 0 Å². The summed E-state index contributed by atoms with van der Waals surface area (Å²) in [7, 11) is 0. The van der Waals surface area contributed by atoms with E-state index in [1.807, 2.05) is 30.3 Å². The van der Waals surface area contributed by atoms with Crippen molar-refractivity contribution in [3.05, 3.63) is 40.5 Å². The lowest BCUT2D eigenvalue weighted by molar-refractivity contribution is 0.651. The molecule has 0 aliphatic rings. The van der Waals surface area contributed by atoms with Gasteiger partial charge < -0.3 is 0 Å². The fourth-order valence-electron chi connectivity index (χ4n) is 1.26. The maximum absolute atomic E-state index is 4.08. The van der Waals surface area contributed by atoms with Gasteiger partial charge in [-0.3, -0.25) is 0 Å². The molecule has 7 heteroatoms. The van der Waals surface area contributed by atoms with Crippen LogP contribution in [0.3, 0.4) is 0 Å². The number of alkyl halides is 2. The van der Waals surface area contributed by atoms with Crippen molar-refractivity contribution >= 4 is 67.8 Å². The minimum Gasteiger partial charge on any atom is -0.194 e. The van der Waals surface area contributed by atoms with E-state index < -0.39 is 0 Å². The van der Waals surface area contributed by atoms with Gasteiger partial charge in [0.25, 0.3) is 0 Å². The zero-order valence-electron chi connectivity index (χ0n) is 8.52. The first-order chi connectivity index (χ1) is 8.03. The topological polar surface area (TPSA) is 43.6 Å². The van der Waals surface area contributed by atoms with Crippen molar-refractivity contribution in [1.82, 2.24) is 20.2 Å². The molecule has 0 radical (unpaired) electrons. The Morgan fingerprint density at radius 2 is 1.88 bits per heavy atom. The van der Waals surface area contributed by atoms with Gasteiger partial charge in [-0.05, 0) is 78.2 Å². The van der Waals surface area contributed by atoms with E-state index in [9.17, 15) is 0 Å². The van der Waals surface area contributed by atoms with E-state index in [1.165, 1.54) is 0 Å². The van der Waals surface area contributed by atoms with Crippen LogP contribution in [0.1, 0.15) is 0 Å². The quantitative estimate of drug-likeness (QED) is 0.422. The molecular formula is C10H7I3N4. The second-order valence-electron chi connectivity index (χ2n) is 3.23. The van der Waals surface area contributed by atoms with Gasteiger partial charge in [0.1, 0.15) is 0 Å². The van der Waals surface area contributed by atoms with Gasteiger partial charge in [-0.2, -0.15) is 4.68 Å². The Morgan fingerprint density at radius 1 is 1.24 bits per heavy atom. The number of nitrogens with zero attached hydrogens (tertiary/aromatic N) is 4. The first-order valence-electron chi connectivity index (χ1n) is 4.60. The minimum atomic E-state index is -0.370. The van der Waals surface area contributed by atoms with E-state index in [-0.39, 0.29) is 1.55 Å². The lowest BCUT2D eigenvalue weighted by Crippen LogP contribution is -2.21. The van der Waals surface area contributed by atoms with Crippen molar-refractivity contribution in [3.8, 4) is 11.4 Å². The summed E-state index contributed by atoms with van der Waals surface area (Å²) < 4.78 is 2.36. The number of allylic oxidation sites excluding steroid dienone is 1. The summed E-state index contributed by atoms with van der Waals surface area (Å²) in [5.74, 6) is 0.743. The van der Waals surface area contributed by atoms with E-state index in [0.717, 1.165) is 15.0 Å². The van der Waals surface area contributed by atoms with Crippen LogP contribution in [-0.4, -0.2) is 20.2 Å². The fourth-order valence-corrected chi connectivity index (χ4v) is 2.14. The molecule has 0 saturated carbocycles. The number of hydrogen-bond donors (Lipinski definition) is 0. The van der Waals surface area contributed by atoms with Crippen LogP contribution in [0.2, 0.25) is 0 Å². The molecular weight excluding hydrogens is 557 g/mol. The second kappa shape index (κ2) is 5.47. The maximum atomic E-state index is 4.08. The Labute approximate surface area is 140 Å². The summed E-state index contributed by atoms with van der Waals surface area (Å²) in [4.78, 5) is 0. The third-order valence-electron chi connectivity index (χ3n) is 2.09. The highest BCUT2D eigenvalue weighted by Crippen LogP contribution is 2.44. The molecule has 0 amide bonds. The van der Waals surface area contributed by atoms with Crippen LogP contribution in [-0.2, 0) is 1.55 Å². The summed E-state index contributed by atoms with van der Waals surface area (Å²) in [5, 5.41) is 11.9. The zero-order chi connectivity index (χ0) is 12.5. The van der Waals surface area contributed by atoms with Crippen LogP contribution in [0.4, 0.5) is 0 Å².